The molecule has 0 aliphatic carbocycles. The monoisotopic (exact) mass is 378 g/mol. The first-order valence-corrected chi connectivity index (χ1v) is 9.02. The Hall–Kier alpha value is -2.03. The first kappa shape index (κ1) is 18.8. The minimum atomic E-state index is -0.233. The Kier molecular flexibility index (Phi) is 6.18. The van der Waals surface area contributed by atoms with E-state index < -0.39 is 0 Å². The number of benzene rings is 1. The van der Waals surface area contributed by atoms with Gasteiger partial charge in [0.1, 0.15) is 0 Å². The second-order valence-corrected chi connectivity index (χ2v) is 6.80. The van der Waals surface area contributed by atoms with E-state index in [2.05, 4.69) is 20.4 Å². The standard InChI is InChI=1S/C17H23ClN6O2/c1-26-11-10-24-17(20-21-22-24)15(13-4-2-3-5-14(13)18)23-8-6-12(7-9-23)16(19)25/h2-5,12,15H,6-11H2,1H3,(H2,19,25)/t15-/m1/s1. The van der Waals surface area contributed by atoms with Crippen LogP contribution in [0.3, 0.4) is 0 Å². The SMILES string of the molecule is COCCn1nnnc1[C@@H](c1ccccc1Cl)N1CCC(C(N)=O)CC1. The van der Waals surface area contributed by atoms with Crippen molar-refractivity contribution in [1.29, 1.82) is 0 Å². The molecule has 1 aliphatic rings. The van der Waals surface area contributed by atoms with Gasteiger partial charge in [-0.05, 0) is 48.0 Å². The summed E-state index contributed by atoms with van der Waals surface area (Å²) in [6, 6.07) is 7.51. The quantitative estimate of drug-likeness (QED) is 0.778. The minimum absolute atomic E-state index is 0.0809. The molecule has 0 spiro atoms. The van der Waals surface area contributed by atoms with E-state index in [-0.39, 0.29) is 17.9 Å². The highest BCUT2D eigenvalue weighted by atomic mass is 35.5. The summed E-state index contributed by atoms with van der Waals surface area (Å²) >= 11 is 6.49. The van der Waals surface area contributed by atoms with Crippen LogP contribution in [0.2, 0.25) is 5.02 Å². The number of primary amides is 1. The highest BCUT2D eigenvalue weighted by molar-refractivity contribution is 6.31. The number of hydrogen-bond acceptors (Lipinski definition) is 6. The van der Waals surface area contributed by atoms with Crippen molar-refractivity contribution in [3.8, 4) is 0 Å². The van der Waals surface area contributed by atoms with Crippen molar-refractivity contribution in [1.82, 2.24) is 25.1 Å². The van der Waals surface area contributed by atoms with Crippen LogP contribution in [0, 0.1) is 5.92 Å². The number of nitrogens with zero attached hydrogens (tertiary/aromatic N) is 5. The molecule has 2 N–H and O–H groups in total. The molecule has 1 aromatic carbocycles. The van der Waals surface area contributed by atoms with Crippen LogP contribution in [-0.4, -0.2) is 57.8 Å². The second kappa shape index (κ2) is 8.57. The predicted octanol–water partition coefficient (Wildman–Crippen LogP) is 1.26. The molecule has 1 fully saturated rings. The number of ether oxygens (including phenoxy) is 1. The number of likely N-dealkylation sites (tertiary alicyclic amines) is 1. The molecule has 0 saturated carbocycles. The van der Waals surface area contributed by atoms with Crippen LogP contribution < -0.4 is 5.73 Å². The molecule has 2 heterocycles. The van der Waals surface area contributed by atoms with Gasteiger partial charge in [0.2, 0.25) is 5.91 Å². The fourth-order valence-corrected chi connectivity index (χ4v) is 3.62. The Labute approximate surface area is 157 Å². The highest BCUT2D eigenvalue weighted by Gasteiger charge is 2.33. The average molecular weight is 379 g/mol. The number of amides is 1. The maximum Gasteiger partial charge on any atom is 0.220 e. The van der Waals surface area contributed by atoms with Crippen LogP contribution in [0.1, 0.15) is 30.3 Å². The third kappa shape index (κ3) is 4.03. The van der Waals surface area contributed by atoms with Crippen LogP contribution in [0.15, 0.2) is 24.3 Å². The van der Waals surface area contributed by atoms with Crippen molar-refractivity contribution in [3.63, 3.8) is 0 Å². The van der Waals surface area contributed by atoms with Gasteiger partial charge in [0, 0.05) is 18.1 Å². The minimum Gasteiger partial charge on any atom is -0.383 e. The van der Waals surface area contributed by atoms with E-state index in [4.69, 9.17) is 22.1 Å². The first-order chi connectivity index (χ1) is 12.6. The van der Waals surface area contributed by atoms with E-state index in [0.717, 1.165) is 31.5 Å². The van der Waals surface area contributed by atoms with Crippen molar-refractivity contribution >= 4 is 17.5 Å². The number of rotatable bonds is 7. The van der Waals surface area contributed by atoms with Crippen molar-refractivity contribution in [2.45, 2.75) is 25.4 Å². The number of aromatic nitrogens is 4. The lowest BCUT2D eigenvalue weighted by Gasteiger charge is -2.36. The van der Waals surface area contributed by atoms with Crippen LogP contribution >= 0.6 is 11.6 Å². The Morgan fingerprint density at radius 3 is 2.77 bits per heavy atom. The molecule has 8 nitrogen and oxygen atoms in total. The maximum absolute atomic E-state index is 11.5. The van der Waals surface area contributed by atoms with Gasteiger partial charge in [-0.25, -0.2) is 4.68 Å². The molecule has 3 rings (SSSR count). The number of halogens is 1. The highest BCUT2D eigenvalue weighted by Crippen LogP contribution is 2.34. The summed E-state index contributed by atoms with van der Waals surface area (Å²) < 4.78 is 6.91. The van der Waals surface area contributed by atoms with E-state index in [1.807, 2.05) is 24.3 Å². The molecular weight excluding hydrogens is 356 g/mol. The lowest BCUT2D eigenvalue weighted by atomic mass is 9.93. The lowest BCUT2D eigenvalue weighted by Crippen LogP contribution is -2.41. The zero-order valence-corrected chi connectivity index (χ0v) is 15.5. The molecule has 0 bridgehead atoms. The summed E-state index contributed by atoms with van der Waals surface area (Å²) in [4.78, 5) is 13.7. The smallest absolute Gasteiger partial charge is 0.220 e. The zero-order valence-electron chi connectivity index (χ0n) is 14.7. The van der Waals surface area contributed by atoms with E-state index in [0.29, 0.717) is 24.0 Å². The van der Waals surface area contributed by atoms with Gasteiger partial charge in [-0.2, -0.15) is 0 Å². The van der Waals surface area contributed by atoms with Gasteiger partial charge in [0.25, 0.3) is 0 Å². The normalized spacial score (nSPS) is 17.3. The Morgan fingerprint density at radius 2 is 2.12 bits per heavy atom. The second-order valence-electron chi connectivity index (χ2n) is 6.39. The van der Waals surface area contributed by atoms with Gasteiger partial charge < -0.3 is 10.5 Å². The molecule has 1 aromatic heterocycles. The summed E-state index contributed by atoms with van der Waals surface area (Å²) in [7, 11) is 1.64. The van der Waals surface area contributed by atoms with E-state index >= 15 is 0 Å². The van der Waals surface area contributed by atoms with Gasteiger partial charge in [0.15, 0.2) is 5.82 Å². The summed E-state index contributed by atoms with van der Waals surface area (Å²) in [6.45, 7) is 2.51. The van der Waals surface area contributed by atoms with E-state index in [9.17, 15) is 4.79 Å². The Morgan fingerprint density at radius 1 is 1.38 bits per heavy atom. The molecule has 140 valence electrons. The average Bonchev–Trinajstić information content (AvgIpc) is 3.10. The van der Waals surface area contributed by atoms with Crippen LogP contribution in [0.4, 0.5) is 0 Å². The molecule has 1 aliphatic heterocycles. The van der Waals surface area contributed by atoms with Gasteiger partial charge >= 0.3 is 0 Å². The van der Waals surface area contributed by atoms with Crippen LogP contribution in [0.5, 0.6) is 0 Å². The summed E-state index contributed by atoms with van der Waals surface area (Å²) in [5.41, 5.74) is 6.41. The molecule has 1 saturated heterocycles. The molecule has 0 radical (unpaired) electrons. The summed E-state index contributed by atoms with van der Waals surface area (Å²) in [6.07, 6.45) is 1.44. The van der Waals surface area contributed by atoms with Crippen LogP contribution in [0.25, 0.3) is 0 Å². The number of nitrogens with two attached hydrogens (primary N) is 1. The third-order valence-corrected chi connectivity index (χ3v) is 5.15. The number of carbonyl (C=O) groups excluding carboxylic acids is 1. The van der Waals surface area contributed by atoms with E-state index in [1.54, 1.807) is 11.8 Å². The topological polar surface area (TPSA) is 99.2 Å². The molecule has 2 aromatic rings. The van der Waals surface area contributed by atoms with Gasteiger partial charge in [0.05, 0.1) is 19.2 Å². The first-order valence-electron chi connectivity index (χ1n) is 8.64. The van der Waals surface area contributed by atoms with Crippen molar-refractivity contribution in [3.05, 3.63) is 40.7 Å². The fraction of sp³-hybridized carbons (Fsp3) is 0.529. The number of tetrazole rings is 1. The maximum atomic E-state index is 11.5. The third-order valence-electron chi connectivity index (χ3n) is 4.81. The largest absolute Gasteiger partial charge is 0.383 e. The van der Waals surface area contributed by atoms with Crippen molar-refractivity contribution in [2.75, 3.05) is 26.8 Å². The Balaban J connectivity index is 1.92. The zero-order chi connectivity index (χ0) is 18.5. The Bertz CT molecular complexity index is 744. The van der Waals surface area contributed by atoms with Gasteiger partial charge in [-0.15, -0.1) is 5.10 Å². The van der Waals surface area contributed by atoms with Gasteiger partial charge in [-0.1, -0.05) is 29.8 Å². The van der Waals surface area contributed by atoms with Crippen molar-refractivity contribution < 1.29 is 9.53 Å². The number of piperidine rings is 1. The van der Waals surface area contributed by atoms with Gasteiger partial charge in [-0.3, -0.25) is 9.69 Å². The molecule has 0 unspecified atom stereocenters. The molecule has 1 amide bonds. The van der Waals surface area contributed by atoms with Crippen LogP contribution in [-0.2, 0) is 16.1 Å². The summed E-state index contributed by atoms with van der Waals surface area (Å²) in [5, 5.41) is 12.9. The predicted molar refractivity (Wildman–Crippen MR) is 96.5 cm³/mol. The number of hydrogen-bond donors (Lipinski definition) is 1. The summed E-state index contributed by atoms with van der Waals surface area (Å²) in [5.74, 6) is 0.402. The number of methoxy groups -OCH3 is 1. The molecule has 9 heteroatoms. The lowest BCUT2D eigenvalue weighted by molar-refractivity contribution is -0.123. The molecular formula is C17H23ClN6O2. The molecule has 26 heavy (non-hydrogen) atoms. The van der Waals surface area contributed by atoms with Crippen molar-refractivity contribution in [2.24, 2.45) is 11.7 Å². The van der Waals surface area contributed by atoms with E-state index in [1.165, 1.54) is 0 Å². The fourth-order valence-electron chi connectivity index (χ4n) is 3.38. The number of carbonyl (C=O) groups is 1. The molecule has 1 atom stereocenters.